The molecule has 0 radical (unpaired) electrons. The van der Waals surface area contributed by atoms with Crippen LogP contribution in [0.25, 0.3) is 11.4 Å². The van der Waals surface area contributed by atoms with Gasteiger partial charge in [-0.3, -0.25) is 9.78 Å². The quantitative estimate of drug-likeness (QED) is 0.539. The van der Waals surface area contributed by atoms with E-state index in [0.717, 1.165) is 45.2 Å². The Hall–Kier alpha value is -2.19. The molecule has 2 heterocycles. The largest absolute Gasteiger partial charge is 0.325 e. The van der Waals surface area contributed by atoms with Gasteiger partial charge in [0.25, 0.3) is 0 Å². The number of carbonyl (C=O) groups is 1. The van der Waals surface area contributed by atoms with E-state index in [2.05, 4.69) is 47.9 Å². The van der Waals surface area contributed by atoms with E-state index in [-0.39, 0.29) is 11.7 Å². The highest BCUT2D eigenvalue weighted by Crippen LogP contribution is 2.25. The van der Waals surface area contributed by atoms with Gasteiger partial charge in [-0.2, -0.15) is 0 Å². The average Bonchev–Trinajstić information content (AvgIpc) is 3.06. The fourth-order valence-corrected chi connectivity index (χ4v) is 3.86. The Balaban J connectivity index is 1.70. The lowest BCUT2D eigenvalue weighted by molar-refractivity contribution is -0.113. The van der Waals surface area contributed by atoms with Crippen LogP contribution in [0.4, 0.5) is 5.69 Å². The third-order valence-electron chi connectivity index (χ3n) is 3.90. The Morgan fingerprint density at radius 1 is 1.22 bits per heavy atom. The molecule has 1 N–H and O–H groups in total. The number of thioether (sulfide) groups is 1. The predicted octanol–water partition coefficient (Wildman–Crippen LogP) is 4.55. The molecule has 0 unspecified atom stereocenters. The molecule has 1 amide bonds. The van der Waals surface area contributed by atoms with E-state index in [1.54, 1.807) is 12.4 Å². The SMILES string of the molecule is CCCn1c(SCC(=O)Nc2ccc(Br)cc2C)nnc1-c1ccncc1. The molecule has 0 saturated carbocycles. The standard InChI is InChI=1S/C19H20BrN5OS/c1-3-10-25-18(14-6-8-21-9-7-14)23-24-19(25)27-12-17(26)22-16-5-4-15(20)11-13(16)2/h4-9,11H,3,10,12H2,1-2H3,(H,22,26). The summed E-state index contributed by atoms with van der Waals surface area (Å²) in [7, 11) is 0. The summed E-state index contributed by atoms with van der Waals surface area (Å²) in [6.07, 6.45) is 4.43. The van der Waals surface area contributed by atoms with Gasteiger partial charge in [0, 0.05) is 34.7 Å². The van der Waals surface area contributed by atoms with Crippen molar-refractivity contribution in [3.8, 4) is 11.4 Å². The van der Waals surface area contributed by atoms with Crippen molar-refractivity contribution in [1.29, 1.82) is 0 Å². The number of hydrogen-bond donors (Lipinski definition) is 1. The summed E-state index contributed by atoms with van der Waals surface area (Å²) in [5, 5.41) is 12.3. The number of aromatic nitrogens is 4. The van der Waals surface area contributed by atoms with E-state index in [4.69, 9.17) is 0 Å². The number of aryl methyl sites for hydroxylation is 1. The van der Waals surface area contributed by atoms with Crippen molar-refractivity contribution in [2.24, 2.45) is 0 Å². The van der Waals surface area contributed by atoms with Crippen LogP contribution in [-0.2, 0) is 11.3 Å². The Bertz CT molecular complexity index is 929. The molecule has 0 saturated heterocycles. The van der Waals surface area contributed by atoms with Crippen molar-refractivity contribution in [3.63, 3.8) is 0 Å². The molecule has 0 atom stereocenters. The van der Waals surface area contributed by atoms with Crippen LogP contribution in [0, 0.1) is 6.92 Å². The summed E-state index contributed by atoms with van der Waals surface area (Å²) in [5.41, 5.74) is 2.79. The van der Waals surface area contributed by atoms with Gasteiger partial charge in [0.15, 0.2) is 11.0 Å². The maximum atomic E-state index is 12.4. The number of hydrogen-bond acceptors (Lipinski definition) is 5. The molecule has 0 aliphatic heterocycles. The minimum atomic E-state index is -0.0677. The third-order valence-corrected chi connectivity index (χ3v) is 5.36. The highest BCUT2D eigenvalue weighted by molar-refractivity contribution is 9.10. The van der Waals surface area contributed by atoms with Crippen LogP contribution in [0.15, 0.2) is 52.4 Å². The van der Waals surface area contributed by atoms with E-state index < -0.39 is 0 Å². The Morgan fingerprint density at radius 2 is 2.00 bits per heavy atom. The molecule has 0 fully saturated rings. The van der Waals surface area contributed by atoms with Gasteiger partial charge in [0.05, 0.1) is 5.75 Å². The van der Waals surface area contributed by atoms with Gasteiger partial charge >= 0.3 is 0 Å². The molecule has 1 aromatic carbocycles. The number of rotatable bonds is 7. The Morgan fingerprint density at radius 3 is 2.70 bits per heavy atom. The minimum Gasteiger partial charge on any atom is -0.325 e. The summed E-state index contributed by atoms with van der Waals surface area (Å²) in [4.78, 5) is 16.4. The monoisotopic (exact) mass is 445 g/mol. The van der Waals surface area contributed by atoms with Crippen LogP contribution >= 0.6 is 27.7 Å². The average molecular weight is 446 g/mol. The van der Waals surface area contributed by atoms with E-state index in [1.165, 1.54) is 11.8 Å². The van der Waals surface area contributed by atoms with Crippen molar-refractivity contribution >= 4 is 39.3 Å². The fourth-order valence-electron chi connectivity index (χ4n) is 2.62. The molecule has 8 heteroatoms. The summed E-state index contributed by atoms with van der Waals surface area (Å²) in [6.45, 7) is 4.86. The third kappa shape index (κ3) is 4.95. The molecule has 3 aromatic rings. The normalized spacial score (nSPS) is 10.8. The van der Waals surface area contributed by atoms with Crippen LogP contribution in [0.2, 0.25) is 0 Å². The first-order valence-corrected chi connectivity index (χ1v) is 10.4. The van der Waals surface area contributed by atoms with Crippen molar-refractivity contribution in [2.75, 3.05) is 11.1 Å². The second-order valence-electron chi connectivity index (χ2n) is 5.99. The van der Waals surface area contributed by atoms with E-state index in [9.17, 15) is 4.79 Å². The van der Waals surface area contributed by atoms with Gasteiger partial charge in [-0.05, 0) is 49.2 Å². The molecule has 140 valence electrons. The zero-order valence-corrected chi connectivity index (χ0v) is 17.5. The molecule has 3 rings (SSSR count). The zero-order chi connectivity index (χ0) is 19.2. The minimum absolute atomic E-state index is 0.0677. The van der Waals surface area contributed by atoms with Gasteiger partial charge in [-0.25, -0.2) is 0 Å². The van der Waals surface area contributed by atoms with E-state index >= 15 is 0 Å². The van der Waals surface area contributed by atoms with Crippen molar-refractivity contribution in [3.05, 3.63) is 52.8 Å². The van der Waals surface area contributed by atoms with Gasteiger partial charge < -0.3 is 9.88 Å². The lowest BCUT2D eigenvalue weighted by Crippen LogP contribution is -2.15. The zero-order valence-electron chi connectivity index (χ0n) is 15.1. The summed E-state index contributed by atoms with van der Waals surface area (Å²) in [6, 6.07) is 9.60. The number of nitrogens with one attached hydrogen (secondary N) is 1. The van der Waals surface area contributed by atoms with Crippen LogP contribution in [0.1, 0.15) is 18.9 Å². The van der Waals surface area contributed by atoms with Crippen LogP contribution in [0.3, 0.4) is 0 Å². The lowest BCUT2D eigenvalue weighted by atomic mass is 10.2. The molecular weight excluding hydrogens is 426 g/mol. The number of anilines is 1. The molecular formula is C19H20BrN5OS. The van der Waals surface area contributed by atoms with Gasteiger partial charge in [0.1, 0.15) is 0 Å². The highest BCUT2D eigenvalue weighted by Gasteiger charge is 2.15. The maximum absolute atomic E-state index is 12.4. The van der Waals surface area contributed by atoms with Crippen LogP contribution < -0.4 is 5.32 Å². The summed E-state index contributed by atoms with van der Waals surface area (Å²) < 4.78 is 3.04. The first-order valence-electron chi connectivity index (χ1n) is 8.61. The predicted molar refractivity (Wildman–Crippen MR) is 112 cm³/mol. The molecule has 0 aliphatic carbocycles. The molecule has 27 heavy (non-hydrogen) atoms. The van der Waals surface area contributed by atoms with Crippen molar-refractivity contribution < 1.29 is 4.79 Å². The Labute approximate surface area is 170 Å². The van der Waals surface area contributed by atoms with Crippen LogP contribution in [0.5, 0.6) is 0 Å². The first-order chi connectivity index (χ1) is 13.1. The van der Waals surface area contributed by atoms with Crippen molar-refractivity contribution in [1.82, 2.24) is 19.7 Å². The highest BCUT2D eigenvalue weighted by atomic mass is 79.9. The smallest absolute Gasteiger partial charge is 0.234 e. The number of halogens is 1. The van der Waals surface area contributed by atoms with E-state index in [0.29, 0.717) is 0 Å². The second kappa shape index (κ2) is 9.14. The number of pyridine rings is 1. The molecule has 0 aliphatic rings. The van der Waals surface area contributed by atoms with Crippen molar-refractivity contribution in [2.45, 2.75) is 32.0 Å². The van der Waals surface area contributed by atoms with Gasteiger partial charge in [-0.15, -0.1) is 10.2 Å². The molecule has 0 spiro atoms. The molecule has 6 nitrogen and oxygen atoms in total. The fraction of sp³-hybridized carbons (Fsp3) is 0.263. The Kier molecular flexibility index (Phi) is 6.63. The van der Waals surface area contributed by atoms with Crippen LogP contribution in [-0.4, -0.2) is 31.4 Å². The molecule has 2 aromatic heterocycles. The summed E-state index contributed by atoms with van der Waals surface area (Å²) >= 11 is 4.82. The number of amides is 1. The number of nitrogens with zero attached hydrogens (tertiary/aromatic N) is 4. The summed E-state index contributed by atoms with van der Waals surface area (Å²) in [5.74, 6) is 1.00. The van der Waals surface area contributed by atoms with Gasteiger partial charge in [0.2, 0.25) is 5.91 Å². The topological polar surface area (TPSA) is 72.7 Å². The van der Waals surface area contributed by atoms with Gasteiger partial charge in [-0.1, -0.05) is 34.6 Å². The second-order valence-corrected chi connectivity index (χ2v) is 7.85. The number of carbonyl (C=O) groups excluding carboxylic acids is 1. The number of benzene rings is 1. The first kappa shape index (κ1) is 19.6. The lowest BCUT2D eigenvalue weighted by Gasteiger charge is -2.10. The van der Waals surface area contributed by atoms with E-state index in [1.807, 2.05) is 37.3 Å². The maximum Gasteiger partial charge on any atom is 0.234 e. The molecule has 0 bridgehead atoms.